The first kappa shape index (κ1) is 22.7. The molecule has 0 radical (unpaired) electrons. The summed E-state index contributed by atoms with van der Waals surface area (Å²) < 4.78 is 5.99. The summed E-state index contributed by atoms with van der Waals surface area (Å²) in [6.45, 7) is 4.13. The lowest BCUT2D eigenvalue weighted by Gasteiger charge is -2.14. The Morgan fingerprint density at radius 3 is 1.88 bits per heavy atom. The number of benzene rings is 3. The van der Waals surface area contributed by atoms with E-state index in [0.717, 1.165) is 29.1 Å². The maximum Gasteiger partial charge on any atom is 0.250 e. The van der Waals surface area contributed by atoms with Gasteiger partial charge in [0.2, 0.25) is 17.8 Å². The molecule has 0 unspecified atom stereocenters. The van der Waals surface area contributed by atoms with Gasteiger partial charge in [-0.1, -0.05) is 55.5 Å². The van der Waals surface area contributed by atoms with Crippen molar-refractivity contribution in [1.82, 2.24) is 15.0 Å². The number of rotatable bonds is 10. The number of hydrazone groups is 1. The van der Waals surface area contributed by atoms with Crippen LogP contribution in [0.15, 0.2) is 90.0 Å². The van der Waals surface area contributed by atoms with Crippen molar-refractivity contribution in [2.75, 3.05) is 16.1 Å². The van der Waals surface area contributed by atoms with Gasteiger partial charge in [0.15, 0.2) is 0 Å². The predicted molar refractivity (Wildman–Crippen MR) is 137 cm³/mol. The minimum absolute atomic E-state index is 0.115. The van der Waals surface area contributed by atoms with Gasteiger partial charge in [-0.2, -0.15) is 20.1 Å². The monoisotopic (exact) mass is 453 g/mol. The van der Waals surface area contributed by atoms with E-state index in [0.29, 0.717) is 17.8 Å². The lowest BCUT2D eigenvalue weighted by Crippen LogP contribution is -2.11. The Morgan fingerprint density at radius 2 is 1.29 bits per heavy atom. The van der Waals surface area contributed by atoms with Crippen LogP contribution in [0.5, 0.6) is 5.75 Å². The highest BCUT2D eigenvalue weighted by molar-refractivity contribution is 5.83. The lowest BCUT2D eigenvalue weighted by atomic mass is 10.2. The van der Waals surface area contributed by atoms with E-state index in [9.17, 15) is 0 Å². The van der Waals surface area contributed by atoms with Crippen molar-refractivity contribution >= 4 is 35.4 Å². The average molecular weight is 454 g/mol. The number of ether oxygens (including phenoxy) is 1. The summed E-state index contributed by atoms with van der Waals surface area (Å²) in [6, 6.07) is 27.2. The Labute approximate surface area is 199 Å². The Kier molecular flexibility index (Phi) is 7.63. The van der Waals surface area contributed by atoms with E-state index >= 15 is 0 Å². The molecule has 4 aromatic rings. The summed E-state index contributed by atoms with van der Waals surface area (Å²) >= 11 is 0. The number of nitrogens with one attached hydrogen (secondary N) is 3. The molecular weight excluding hydrogens is 426 g/mol. The molecule has 0 aliphatic heterocycles. The lowest BCUT2D eigenvalue weighted by molar-refractivity contribution is 0.217. The van der Waals surface area contributed by atoms with Crippen LogP contribution in [0.3, 0.4) is 0 Å². The molecule has 4 rings (SSSR count). The van der Waals surface area contributed by atoms with Crippen LogP contribution in [-0.2, 0) is 0 Å². The van der Waals surface area contributed by atoms with E-state index in [1.165, 1.54) is 0 Å². The van der Waals surface area contributed by atoms with Crippen molar-refractivity contribution in [3.05, 3.63) is 90.5 Å². The van der Waals surface area contributed by atoms with Gasteiger partial charge in [0, 0.05) is 16.9 Å². The summed E-state index contributed by atoms with van der Waals surface area (Å²) in [6.07, 6.45) is 2.73. The molecule has 3 N–H and O–H groups in total. The standard InChI is InChI=1S/C26H27N7O/c1-3-19(2)34-23-17-11-10-12-20(23)18-27-33-26-31-24(28-21-13-6-4-7-14-21)30-25(32-26)29-22-15-8-5-9-16-22/h4-19H,3H2,1-2H3,(H3,28,29,30,31,32,33)/b27-18-/t19-/m0/s1. The van der Waals surface area contributed by atoms with Gasteiger partial charge in [-0.25, -0.2) is 5.43 Å². The molecule has 8 nitrogen and oxygen atoms in total. The minimum Gasteiger partial charge on any atom is -0.490 e. The second-order valence-electron chi connectivity index (χ2n) is 7.53. The molecular formula is C26H27N7O. The maximum atomic E-state index is 5.99. The van der Waals surface area contributed by atoms with Gasteiger partial charge in [0.25, 0.3) is 0 Å². The van der Waals surface area contributed by atoms with E-state index in [2.05, 4.69) is 43.0 Å². The number of hydrogen-bond acceptors (Lipinski definition) is 8. The molecule has 8 heteroatoms. The molecule has 172 valence electrons. The van der Waals surface area contributed by atoms with E-state index in [1.54, 1.807) is 6.21 Å². The first-order valence-electron chi connectivity index (χ1n) is 11.1. The fourth-order valence-corrected chi connectivity index (χ4v) is 2.99. The normalized spacial score (nSPS) is 11.7. The summed E-state index contributed by atoms with van der Waals surface area (Å²) in [7, 11) is 0. The first-order valence-corrected chi connectivity index (χ1v) is 11.1. The summed E-state index contributed by atoms with van der Waals surface area (Å²) in [5, 5.41) is 10.7. The summed E-state index contributed by atoms with van der Waals surface area (Å²) in [5.41, 5.74) is 5.50. The third-order valence-electron chi connectivity index (χ3n) is 4.89. The van der Waals surface area contributed by atoms with Crippen molar-refractivity contribution in [2.24, 2.45) is 5.10 Å². The predicted octanol–water partition coefficient (Wildman–Crippen LogP) is 5.98. The fraction of sp³-hybridized carbons (Fsp3) is 0.154. The summed E-state index contributed by atoms with van der Waals surface area (Å²) in [5.74, 6) is 1.84. The topological polar surface area (TPSA) is 96.4 Å². The second kappa shape index (κ2) is 11.4. The maximum absolute atomic E-state index is 5.99. The number of aromatic nitrogens is 3. The minimum atomic E-state index is 0.115. The molecule has 0 aliphatic rings. The third-order valence-corrected chi connectivity index (χ3v) is 4.89. The van der Waals surface area contributed by atoms with Crippen LogP contribution in [0.25, 0.3) is 0 Å². The SMILES string of the molecule is CC[C@H](C)Oc1ccccc1/C=N\Nc1nc(Nc2ccccc2)nc(Nc2ccccc2)n1. The van der Waals surface area contributed by atoms with Crippen LogP contribution in [0.2, 0.25) is 0 Å². The van der Waals surface area contributed by atoms with E-state index in [1.807, 2.05) is 91.9 Å². The molecule has 1 atom stereocenters. The average Bonchev–Trinajstić information content (AvgIpc) is 2.86. The third kappa shape index (κ3) is 6.52. The largest absolute Gasteiger partial charge is 0.490 e. The molecule has 0 aliphatic carbocycles. The van der Waals surface area contributed by atoms with Gasteiger partial charge in [0.1, 0.15) is 5.75 Å². The quantitative estimate of drug-likeness (QED) is 0.201. The number of para-hydroxylation sites is 3. The van der Waals surface area contributed by atoms with Crippen LogP contribution >= 0.6 is 0 Å². The van der Waals surface area contributed by atoms with Crippen molar-refractivity contribution in [1.29, 1.82) is 0 Å². The molecule has 0 fully saturated rings. The zero-order valence-corrected chi connectivity index (χ0v) is 19.1. The van der Waals surface area contributed by atoms with Crippen LogP contribution in [0, 0.1) is 0 Å². The van der Waals surface area contributed by atoms with Crippen molar-refractivity contribution < 1.29 is 4.74 Å². The first-order chi connectivity index (χ1) is 16.7. The van der Waals surface area contributed by atoms with Crippen molar-refractivity contribution in [3.63, 3.8) is 0 Å². The Morgan fingerprint density at radius 1 is 0.765 bits per heavy atom. The molecule has 0 bridgehead atoms. The van der Waals surface area contributed by atoms with Gasteiger partial charge < -0.3 is 15.4 Å². The highest BCUT2D eigenvalue weighted by Crippen LogP contribution is 2.20. The number of nitrogens with zero attached hydrogens (tertiary/aromatic N) is 4. The zero-order chi connectivity index (χ0) is 23.6. The second-order valence-corrected chi connectivity index (χ2v) is 7.53. The molecule has 3 aromatic carbocycles. The van der Waals surface area contributed by atoms with Crippen LogP contribution in [0.1, 0.15) is 25.8 Å². The highest BCUT2D eigenvalue weighted by atomic mass is 16.5. The van der Waals surface area contributed by atoms with Crippen LogP contribution in [0.4, 0.5) is 29.2 Å². The van der Waals surface area contributed by atoms with E-state index < -0.39 is 0 Å². The summed E-state index contributed by atoms with van der Waals surface area (Å²) in [4.78, 5) is 13.4. The van der Waals surface area contributed by atoms with E-state index in [-0.39, 0.29) is 6.10 Å². The Bertz CT molecular complexity index is 1160. The molecule has 1 heterocycles. The Balaban J connectivity index is 1.55. The molecule has 0 saturated heterocycles. The fourth-order valence-electron chi connectivity index (χ4n) is 2.99. The number of anilines is 5. The zero-order valence-electron chi connectivity index (χ0n) is 19.1. The smallest absolute Gasteiger partial charge is 0.250 e. The van der Waals surface area contributed by atoms with Crippen molar-refractivity contribution in [2.45, 2.75) is 26.4 Å². The van der Waals surface area contributed by atoms with Gasteiger partial charge in [0.05, 0.1) is 12.3 Å². The number of hydrogen-bond donors (Lipinski definition) is 3. The van der Waals surface area contributed by atoms with Crippen LogP contribution in [-0.4, -0.2) is 27.3 Å². The van der Waals surface area contributed by atoms with Crippen molar-refractivity contribution in [3.8, 4) is 5.75 Å². The molecule has 0 amide bonds. The molecule has 0 spiro atoms. The molecule has 1 aromatic heterocycles. The van der Waals surface area contributed by atoms with E-state index in [4.69, 9.17) is 4.74 Å². The van der Waals surface area contributed by atoms with Crippen LogP contribution < -0.4 is 20.8 Å². The van der Waals surface area contributed by atoms with Gasteiger partial charge in [-0.15, -0.1) is 0 Å². The van der Waals surface area contributed by atoms with Gasteiger partial charge in [-0.3, -0.25) is 0 Å². The van der Waals surface area contributed by atoms with Gasteiger partial charge in [-0.05, 0) is 49.7 Å². The molecule has 0 saturated carbocycles. The highest BCUT2D eigenvalue weighted by Gasteiger charge is 2.08. The molecule has 34 heavy (non-hydrogen) atoms. The van der Waals surface area contributed by atoms with Gasteiger partial charge >= 0.3 is 0 Å². The Hall–Kier alpha value is -4.46.